The molecule has 0 saturated heterocycles. The molecule has 90 valence electrons. The molecule has 1 aromatic carbocycles. The van der Waals surface area contributed by atoms with Gasteiger partial charge in [-0.05, 0) is 24.6 Å². The molecule has 0 bridgehead atoms. The summed E-state index contributed by atoms with van der Waals surface area (Å²) in [4.78, 5) is 13.1. The summed E-state index contributed by atoms with van der Waals surface area (Å²) >= 11 is 6.89. The predicted octanol–water partition coefficient (Wildman–Crippen LogP) is 2.77. The standard InChI is InChI=1S/C12H13NO2S2/c1-7-3-4-9-8(5-7)13-12(16)10(17-9)6-11(14)15-2/h3-5,10H,6H2,1-2H3,(H,13,16). The Bertz CT molecular complexity index is 474. The van der Waals surface area contributed by atoms with Gasteiger partial charge >= 0.3 is 5.97 Å². The summed E-state index contributed by atoms with van der Waals surface area (Å²) in [5.41, 5.74) is 2.21. The average molecular weight is 267 g/mol. The van der Waals surface area contributed by atoms with Gasteiger partial charge in [0.2, 0.25) is 0 Å². The van der Waals surface area contributed by atoms with Gasteiger partial charge < -0.3 is 10.1 Å². The maximum absolute atomic E-state index is 11.3. The van der Waals surface area contributed by atoms with Crippen LogP contribution in [-0.4, -0.2) is 23.3 Å². The number of esters is 1. The third kappa shape index (κ3) is 2.79. The zero-order valence-electron chi connectivity index (χ0n) is 9.65. The first-order chi connectivity index (χ1) is 8.10. The number of fused-ring (bicyclic) bond motifs is 1. The first kappa shape index (κ1) is 12.4. The second-order valence-electron chi connectivity index (χ2n) is 3.88. The van der Waals surface area contributed by atoms with Crippen LogP contribution in [0.2, 0.25) is 0 Å². The van der Waals surface area contributed by atoms with Crippen LogP contribution in [0.25, 0.3) is 0 Å². The number of aryl methyl sites for hydroxylation is 1. The van der Waals surface area contributed by atoms with Crippen molar-refractivity contribution in [1.82, 2.24) is 0 Å². The zero-order chi connectivity index (χ0) is 12.4. The molecule has 2 rings (SSSR count). The Labute approximate surface area is 110 Å². The van der Waals surface area contributed by atoms with Crippen molar-refractivity contribution in [2.75, 3.05) is 12.4 Å². The molecule has 1 aliphatic heterocycles. The normalized spacial score (nSPS) is 18.2. The zero-order valence-corrected chi connectivity index (χ0v) is 11.3. The van der Waals surface area contributed by atoms with Crippen molar-refractivity contribution in [3.8, 4) is 0 Å². The highest BCUT2D eigenvalue weighted by molar-refractivity contribution is 8.02. The van der Waals surface area contributed by atoms with E-state index in [9.17, 15) is 4.79 Å². The lowest BCUT2D eigenvalue weighted by Crippen LogP contribution is -2.29. The van der Waals surface area contributed by atoms with Crippen molar-refractivity contribution in [3.05, 3.63) is 23.8 Å². The number of anilines is 1. The lowest BCUT2D eigenvalue weighted by Gasteiger charge is -2.25. The van der Waals surface area contributed by atoms with E-state index in [4.69, 9.17) is 12.2 Å². The van der Waals surface area contributed by atoms with Crippen molar-refractivity contribution in [2.24, 2.45) is 0 Å². The summed E-state index contributed by atoms with van der Waals surface area (Å²) in [6.45, 7) is 2.04. The van der Waals surface area contributed by atoms with Gasteiger partial charge in [0.15, 0.2) is 0 Å². The topological polar surface area (TPSA) is 38.3 Å². The van der Waals surface area contributed by atoms with Crippen LogP contribution < -0.4 is 5.32 Å². The number of nitrogens with one attached hydrogen (secondary N) is 1. The Balaban J connectivity index is 2.18. The predicted molar refractivity (Wildman–Crippen MR) is 73.7 cm³/mol. The van der Waals surface area contributed by atoms with Gasteiger partial charge in [0, 0.05) is 4.90 Å². The molecule has 1 atom stereocenters. The fourth-order valence-electron chi connectivity index (χ4n) is 1.63. The number of rotatable bonds is 2. The number of thioether (sulfide) groups is 1. The van der Waals surface area contributed by atoms with Crippen LogP contribution in [0.3, 0.4) is 0 Å². The Morgan fingerprint density at radius 1 is 1.59 bits per heavy atom. The maximum Gasteiger partial charge on any atom is 0.307 e. The molecule has 0 radical (unpaired) electrons. The van der Waals surface area contributed by atoms with E-state index in [1.807, 2.05) is 13.0 Å². The number of carbonyl (C=O) groups is 1. The maximum atomic E-state index is 11.3. The van der Waals surface area contributed by atoms with Gasteiger partial charge in [0.1, 0.15) is 0 Å². The van der Waals surface area contributed by atoms with E-state index in [0.29, 0.717) is 11.4 Å². The van der Waals surface area contributed by atoms with Crippen molar-refractivity contribution in [1.29, 1.82) is 0 Å². The number of benzene rings is 1. The van der Waals surface area contributed by atoms with Crippen LogP contribution >= 0.6 is 24.0 Å². The quantitative estimate of drug-likeness (QED) is 0.659. The van der Waals surface area contributed by atoms with Crippen LogP contribution in [0, 0.1) is 6.92 Å². The van der Waals surface area contributed by atoms with Gasteiger partial charge in [-0.1, -0.05) is 18.3 Å². The van der Waals surface area contributed by atoms with E-state index in [-0.39, 0.29) is 11.2 Å². The largest absolute Gasteiger partial charge is 0.469 e. The molecule has 0 saturated carbocycles. The Morgan fingerprint density at radius 3 is 3.06 bits per heavy atom. The fourth-order valence-corrected chi connectivity index (χ4v) is 3.05. The summed E-state index contributed by atoms with van der Waals surface area (Å²) in [6, 6.07) is 6.16. The molecule has 1 unspecified atom stereocenters. The Kier molecular flexibility index (Phi) is 3.69. The molecule has 0 amide bonds. The monoisotopic (exact) mass is 267 g/mol. The molecule has 1 N–H and O–H groups in total. The van der Waals surface area contributed by atoms with Crippen molar-refractivity contribution < 1.29 is 9.53 Å². The highest BCUT2D eigenvalue weighted by Crippen LogP contribution is 2.37. The molecule has 0 fully saturated rings. The Hall–Kier alpha value is -1.07. The lowest BCUT2D eigenvalue weighted by atomic mass is 10.2. The first-order valence-corrected chi connectivity index (χ1v) is 6.54. The number of hydrogen-bond donors (Lipinski definition) is 1. The molecule has 17 heavy (non-hydrogen) atoms. The second-order valence-corrected chi connectivity index (χ2v) is 5.56. The number of hydrogen-bond acceptors (Lipinski definition) is 4. The summed E-state index contributed by atoms with van der Waals surface area (Å²) in [6.07, 6.45) is 0.306. The van der Waals surface area contributed by atoms with Gasteiger partial charge in [-0.3, -0.25) is 4.79 Å². The molecule has 3 nitrogen and oxygen atoms in total. The number of carbonyl (C=O) groups excluding carboxylic acids is 1. The fraction of sp³-hybridized carbons (Fsp3) is 0.333. The van der Waals surface area contributed by atoms with Gasteiger partial charge in [0.25, 0.3) is 0 Å². The summed E-state index contributed by atoms with van der Waals surface area (Å²) < 4.78 is 4.67. The van der Waals surface area contributed by atoms with Crippen LogP contribution in [-0.2, 0) is 9.53 Å². The lowest BCUT2D eigenvalue weighted by molar-refractivity contribution is -0.140. The molecule has 0 aromatic heterocycles. The number of ether oxygens (including phenoxy) is 1. The smallest absolute Gasteiger partial charge is 0.307 e. The SMILES string of the molecule is COC(=O)CC1Sc2ccc(C)cc2NC1=S. The second kappa shape index (κ2) is 5.06. The molecular formula is C12H13NO2S2. The van der Waals surface area contributed by atoms with Crippen molar-refractivity contribution in [2.45, 2.75) is 23.5 Å². The summed E-state index contributed by atoms with van der Waals surface area (Å²) in [7, 11) is 1.39. The Morgan fingerprint density at radius 2 is 2.35 bits per heavy atom. The van der Waals surface area contributed by atoms with Crippen LogP contribution in [0.15, 0.2) is 23.1 Å². The van der Waals surface area contributed by atoms with Crippen LogP contribution in [0.1, 0.15) is 12.0 Å². The van der Waals surface area contributed by atoms with Gasteiger partial charge in [-0.2, -0.15) is 0 Å². The van der Waals surface area contributed by atoms with Crippen LogP contribution in [0.4, 0.5) is 5.69 Å². The minimum atomic E-state index is -0.234. The molecule has 5 heteroatoms. The summed E-state index contributed by atoms with van der Waals surface area (Å²) in [5, 5.41) is 3.15. The minimum Gasteiger partial charge on any atom is -0.469 e. The van der Waals surface area contributed by atoms with Gasteiger partial charge in [-0.25, -0.2) is 0 Å². The van der Waals surface area contributed by atoms with E-state index < -0.39 is 0 Å². The highest BCUT2D eigenvalue weighted by Gasteiger charge is 2.26. The van der Waals surface area contributed by atoms with Crippen molar-refractivity contribution >= 4 is 40.6 Å². The third-order valence-electron chi connectivity index (χ3n) is 2.53. The molecule has 1 aliphatic rings. The van der Waals surface area contributed by atoms with Crippen LogP contribution in [0.5, 0.6) is 0 Å². The number of thiocarbonyl (C=S) groups is 1. The molecule has 1 aromatic rings. The molecule has 1 heterocycles. The van der Waals surface area contributed by atoms with E-state index in [2.05, 4.69) is 22.2 Å². The molecule has 0 aliphatic carbocycles. The highest BCUT2D eigenvalue weighted by atomic mass is 32.2. The summed E-state index contributed by atoms with van der Waals surface area (Å²) in [5.74, 6) is -0.234. The van der Waals surface area contributed by atoms with Gasteiger partial charge in [-0.15, -0.1) is 11.8 Å². The minimum absolute atomic E-state index is 0.0346. The van der Waals surface area contributed by atoms with E-state index in [0.717, 1.165) is 10.6 Å². The van der Waals surface area contributed by atoms with E-state index >= 15 is 0 Å². The molecular weight excluding hydrogens is 254 g/mol. The van der Waals surface area contributed by atoms with Gasteiger partial charge in [0.05, 0.1) is 29.5 Å². The average Bonchev–Trinajstić information content (AvgIpc) is 2.30. The van der Waals surface area contributed by atoms with Crippen molar-refractivity contribution in [3.63, 3.8) is 0 Å². The van der Waals surface area contributed by atoms with E-state index in [1.165, 1.54) is 12.7 Å². The molecule has 0 spiro atoms. The third-order valence-corrected chi connectivity index (χ3v) is 4.37. The van der Waals surface area contributed by atoms with E-state index in [1.54, 1.807) is 11.8 Å². The number of methoxy groups -OCH3 is 1. The first-order valence-electron chi connectivity index (χ1n) is 5.25.